The fourth-order valence-corrected chi connectivity index (χ4v) is 2.34. The molecular weight excluding hydrogens is 280 g/mol. The van der Waals surface area contributed by atoms with Crippen molar-refractivity contribution in [1.29, 1.82) is 0 Å². The highest BCUT2D eigenvalue weighted by Crippen LogP contribution is 2.30. The van der Waals surface area contributed by atoms with Crippen molar-refractivity contribution >= 4 is 40.7 Å². The lowest BCUT2D eigenvalue weighted by Gasteiger charge is -2.22. The Hall–Kier alpha value is -0.440. The molecule has 0 unspecified atom stereocenters. The molecule has 92 valence electrons. The number of nitrogens with zero attached hydrogens (tertiary/aromatic N) is 1. The molecule has 2 rings (SSSR count). The van der Waals surface area contributed by atoms with E-state index in [1.165, 1.54) is 0 Å². The Morgan fingerprint density at radius 1 is 1.35 bits per heavy atom. The first-order valence-corrected chi connectivity index (χ1v) is 6.70. The van der Waals surface area contributed by atoms with Crippen LogP contribution in [0.2, 0.25) is 10.0 Å². The monoisotopic (exact) mass is 291 g/mol. The van der Waals surface area contributed by atoms with Crippen LogP contribution in [-0.4, -0.2) is 22.7 Å². The molecule has 0 N–H and O–H groups in total. The highest BCUT2D eigenvalue weighted by atomic mass is 35.5. The minimum absolute atomic E-state index is 0.0156. The van der Waals surface area contributed by atoms with E-state index in [-0.39, 0.29) is 11.8 Å². The molecule has 0 heterocycles. The van der Waals surface area contributed by atoms with Gasteiger partial charge >= 0.3 is 0 Å². The summed E-state index contributed by atoms with van der Waals surface area (Å²) in [4.78, 5) is 13.5. The van der Waals surface area contributed by atoms with Gasteiger partial charge in [0.2, 0.25) is 5.91 Å². The molecule has 1 aliphatic carbocycles. The molecule has 1 aromatic rings. The molecule has 1 saturated carbocycles. The fourth-order valence-electron chi connectivity index (χ4n) is 1.72. The van der Waals surface area contributed by atoms with E-state index >= 15 is 0 Å². The first-order valence-electron chi connectivity index (χ1n) is 5.41. The lowest BCUT2D eigenvalue weighted by atomic mass is 10.2. The third kappa shape index (κ3) is 3.27. The van der Waals surface area contributed by atoms with Crippen LogP contribution in [0.4, 0.5) is 0 Å². The number of halogens is 3. The van der Waals surface area contributed by atoms with Gasteiger partial charge in [-0.3, -0.25) is 4.79 Å². The number of alkyl halides is 1. The second-order valence-corrected chi connectivity index (χ2v) is 5.23. The Labute approximate surface area is 115 Å². The molecule has 0 aromatic heterocycles. The van der Waals surface area contributed by atoms with Gasteiger partial charge in [-0.25, -0.2) is 0 Å². The van der Waals surface area contributed by atoms with E-state index in [9.17, 15) is 4.79 Å². The first kappa shape index (κ1) is 13.0. The standard InChI is InChI=1S/C12H12Cl3NO/c13-6-12(17)16(10-3-4-10)7-8-1-2-9(14)5-11(8)15/h1-2,5,10H,3-4,6-7H2. The minimum Gasteiger partial charge on any atom is -0.334 e. The SMILES string of the molecule is O=C(CCl)N(Cc1ccc(Cl)cc1Cl)C1CC1. The van der Waals surface area contributed by atoms with E-state index < -0.39 is 0 Å². The maximum absolute atomic E-state index is 11.7. The molecule has 1 fully saturated rings. The second kappa shape index (κ2) is 5.47. The normalized spacial score (nSPS) is 14.8. The minimum atomic E-state index is -0.0415. The second-order valence-electron chi connectivity index (χ2n) is 4.12. The van der Waals surface area contributed by atoms with E-state index in [1.54, 1.807) is 17.0 Å². The van der Waals surface area contributed by atoms with Crippen LogP contribution < -0.4 is 0 Å². The van der Waals surface area contributed by atoms with E-state index in [0.717, 1.165) is 18.4 Å². The zero-order chi connectivity index (χ0) is 12.4. The summed E-state index contributed by atoms with van der Waals surface area (Å²) < 4.78 is 0. The van der Waals surface area contributed by atoms with E-state index in [1.807, 2.05) is 6.07 Å². The maximum atomic E-state index is 11.7. The fraction of sp³-hybridized carbons (Fsp3) is 0.417. The van der Waals surface area contributed by atoms with Crippen LogP contribution in [0.1, 0.15) is 18.4 Å². The number of carbonyl (C=O) groups is 1. The molecule has 1 aromatic carbocycles. The zero-order valence-electron chi connectivity index (χ0n) is 9.13. The van der Waals surface area contributed by atoms with Gasteiger partial charge in [0.05, 0.1) is 0 Å². The number of benzene rings is 1. The predicted octanol–water partition coefficient (Wildman–Crippen LogP) is 3.72. The molecule has 2 nitrogen and oxygen atoms in total. The van der Waals surface area contributed by atoms with Crippen molar-refractivity contribution in [2.45, 2.75) is 25.4 Å². The number of amides is 1. The van der Waals surface area contributed by atoms with E-state index in [0.29, 0.717) is 22.6 Å². The van der Waals surface area contributed by atoms with Crippen molar-refractivity contribution in [3.63, 3.8) is 0 Å². The number of rotatable bonds is 4. The molecule has 0 spiro atoms. The Morgan fingerprint density at radius 3 is 2.59 bits per heavy atom. The Morgan fingerprint density at radius 2 is 2.06 bits per heavy atom. The predicted molar refractivity (Wildman–Crippen MR) is 70.8 cm³/mol. The molecule has 0 radical (unpaired) electrons. The van der Waals surface area contributed by atoms with Crippen molar-refractivity contribution in [2.75, 3.05) is 5.88 Å². The van der Waals surface area contributed by atoms with Gasteiger partial charge in [0.15, 0.2) is 0 Å². The van der Waals surface area contributed by atoms with Gasteiger partial charge < -0.3 is 4.90 Å². The number of hydrogen-bond donors (Lipinski definition) is 0. The molecule has 0 atom stereocenters. The number of carbonyl (C=O) groups excluding carboxylic acids is 1. The summed E-state index contributed by atoms with van der Waals surface area (Å²) in [6, 6.07) is 5.64. The highest BCUT2D eigenvalue weighted by molar-refractivity contribution is 6.35. The van der Waals surface area contributed by atoms with Crippen LogP contribution >= 0.6 is 34.8 Å². The third-order valence-electron chi connectivity index (χ3n) is 2.78. The van der Waals surface area contributed by atoms with Crippen LogP contribution in [0.3, 0.4) is 0 Å². The van der Waals surface area contributed by atoms with Crippen molar-refractivity contribution in [3.8, 4) is 0 Å². The summed E-state index contributed by atoms with van der Waals surface area (Å²) in [5.41, 5.74) is 0.904. The number of hydrogen-bond acceptors (Lipinski definition) is 1. The van der Waals surface area contributed by atoms with E-state index in [2.05, 4.69) is 0 Å². The van der Waals surface area contributed by atoms with Crippen LogP contribution in [-0.2, 0) is 11.3 Å². The van der Waals surface area contributed by atoms with Crippen molar-refractivity contribution < 1.29 is 4.79 Å². The molecule has 0 saturated heterocycles. The first-order chi connectivity index (χ1) is 8.11. The van der Waals surface area contributed by atoms with Crippen LogP contribution in [0, 0.1) is 0 Å². The third-order valence-corrected chi connectivity index (χ3v) is 3.59. The smallest absolute Gasteiger partial charge is 0.238 e. The summed E-state index contributed by atoms with van der Waals surface area (Å²) in [6.07, 6.45) is 2.10. The molecule has 17 heavy (non-hydrogen) atoms. The molecule has 5 heteroatoms. The quantitative estimate of drug-likeness (QED) is 0.775. The Balaban J connectivity index is 2.14. The zero-order valence-corrected chi connectivity index (χ0v) is 11.4. The van der Waals surface area contributed by atoms with Gasteiger partial charge in [0, 0.05) is 22.6 Å². The van der Waals surface area contributed by atoms with Gasteiger partial charge in [-0.1, -0.05) is 29.3 Å². The Bertz CT molecular complexity index is 432. The van der Waals surface area contributed by atoms with Crippen LogP contribution in [0.5, 0.6) is 0 Å². The lowest BCUT2D eigenvalue weighted by Crippen LogP contribution is -2.33. The maximum Gasteiger partial charge on any atom is 0.238 e. The summed E-state index contributed by atoms with van der Waals surface area (Å²) in [5.74, 6) is -0.0259. The summed E-state index contributed by atoms with van der Waals surface area (Å²) in [7, 11) is 0. The van der Waals surface area contributed by atoms with Gasteiger partial charge in [-0.15, -0.1) is 11.6 Å². The van der Waals surface area contributed by atoms with Gasteiger partial charge in [-0.05, 0) is 30.5 Å². The van der Waals surface area contributed by atoms with Crippen molar-refractivity contribution in [2.24, 2.45) is 0 Å². The molecule has 1 aliphatic rings. The summed E-state index contributed by atoms with van der Waals surface area (Å²) >= 11 is 17.5. The van der Waals surface area contributed by atoms with E-state index in [4.69, 9.17) is 34.8 Å². The summed E-state index contributed by atoms with van der Waals surface area (Å²) in [6.45, 7) is 0.506. The Kier molecular flexibility index (Phi) is 4.18. The van der Waals surface area contributed by atoms with Crippen molar-refractivity contribution in [1.82, 2.24) is 4.90 Å². The van der Waals surface area contributed by atoms with Crippen LogP contribution in [0.25, 0.3) is 0 Å². The highest BCUT2D eigenvalue weighted by Gasteiger charge is 2.32. The molecule has 0 aliphatic heterocycles. The van der Waals surface area contributed by atoms with Gasteiger partial charge in [0.1, 0.15) is 5.88 Å². The summed E-state index contributed by atoms with van der Waals surface area (Å²) in [5, 5.41) is 1.19. The topological polar surface area (TPSA) is 20.3 Å². The molecule has 1 amide bonds. The largest absolute Gasteiger partial charge is 0.334 e. The van der Waals surface area contributed by atoms with Crippen LogP contribution in [0.15, 0.2) is 18.2 Å². The average Bonchev–Trinajstić information content (AvgIpc) is 3.11. The van der Waals surface area contributed by atoms with Gasteiger partial charge in [-0.2, -0.15) is 0 Å². The average molecular weight is 293 g/mol. The van der Waals surface area contributed by atoms with Crippen molar-refractivity contribution in [3.05, 3.63) is 33.8 Å². The molecule has 0 bridgehead atoms. The lowest BCUT2D eigenvalue weighted by molar-refractivity contribution is -0.129. The van der Waals surface area contributed by atoms with Gasteiger partial charge in [0.25, 0.3) is 0 Å². The molecular formula is C12H12Cl3NO.